The number of nitrogens with one attached hydrogen (secondary N) is 3. The summed E-state index contributed by atoms with van der Waals surface area (Å²) >= 11 is 5.18. The first-order valence-corrected chi connectivity index (χ1v) is 15.1. The third kappa shape index (κ3) is 5.21. The lowest BCUT2D eigenvalue weighted by Gasteiger charge is -2.54. The lowest BCUT2D eigenvalue weighted by atomic mass is 9.52. The molecular weight excluding hydrogens is 621 g/mol. The number of aromatic nitrogens is 3. The van der Waals surface area contributed by atoms with Gasteiger partial charge in [-0.25, -0.2) is 13.8 Å². The summed E-state index contributed by atoms with van der Waals surface area (Å²) in [6.07, 6.45) is 3.74. The van der Waals surface area contributed by atoms with Crippen molar-refractivity contribution in [3.8, 4) is 0 Å². The molecule has 16 heteroatoms. The number of carbonyl (C=O) groups is 3. The molecule has 3 aliphatic rings. The number of anilines is 2. The highest BCUT2D eigenvalue weighted by atomic mass is 32.1. The minimum atomic E-state index is -0.793. The summed E-state index contributed by atoms with van der Waals surface area (Å²) in [6.45, 7) is 1.73. The van der Waals surface area contributed by atoms with Gasteiger partial charge in [0.2, 0.25) is 0 Å². The van der Waals surface area contributed by atoms with Crippen LogP contribution in [0, 0.1) is 21.5 Å². The van der Waals surface area contributed by atoms with Crippen molar-refractivity contribution in [3.05, 3.63) is 77.9 Å². The van der Waals surface area contributed by atoms with Crippen LogP contribution in [0.5, 0.6) is 0 Å². The van der Waals surface area contributed by atoms with Crippen LogP contribution in [0.2, 0.25) is 0 Å². The molecule has 7 rings (SSSR count). The lowest BCUT2D eigenvalue weighted by Crippen LogP contribution is -2.54. The van der Waals surface area contributed by atoms with Crippen molar-refractivity contribution in [1.29, 1.82) is 0 Å². The van der Waals surface area contributed by atoms with Gasteiger partial charge >= 0.3 is 10.8 Å². The number of fused-ring (bicyclic) bond motifs is 4. The number of aliphatic carboxylic acids is 1. The van der Waals surface area contributed by atoms with Crippen molar-refractivity contribution in [3.63, 3.8) is 0 Å². The van der Waals surface area contributed by atoms with E-state index in [-0.39, 0.29) is 63.5 Å². The molecule has 46 heavy (non-hydrogen) atoms. The first kappa shape index (κ1) is 31.0. The zero-order chi connectivity index (χ0) is 33.0. The Balaban J connectivity index is 1.16. The van der Waals surface area contributed by atoms with Gasteiger partial charge in [0.15, 0.2) is 0 Å². The predicted molar refractivity (Wildman–Crippen MR) is 164 cm³/mol. The van der Waals surface area contributed by atoms with Crippen LogP contribution < -0.4 is 32.5 Å². The molecule has 2 heterocycles. The van der Waals surface area contributed by atoms with E-state index in [0.29, 0.717) is 44.1 Å². The highest BCUT2D eigenvalue weighted by Gasteiger charge is 2.54. The number of nitrogens with zero attached hydrogens (tertiary/aromatic N) is 3. The SMILES string of the molecule is CC(NC(=O)c1cc(C(=O)NCc2ccc(F)c(CNc3c(N)c(=O)c3=O)c2)n2c(=S)onc2n1)C12CCC(C(=O)O)(CC1)CC2. The van der Waals surface area contributed by atoms with E-state index in [4.69, 9.17) is 22.5 Å². The number of halogens is 1. The first-order valence-electron chi connectivity index (χ1n) is 14.7. The van der Waals surface area contributed by atoms with Gasteiger partial charge in [-0.2, -0.15) is 0 Å². The van der Waals surface area contributed by atoms with Crippen LogP contribution in [0.15, 0.2) is 38.4 Å². The second-order valence-electron chi connectivity index (χ2n) is 12.2. The van der Waals surface area contributed by atoms with Crippen molar-refractivity contribution in [2.75, 3.05) is 11.1 Å². The number of hydrogen-bond donors (Lipinski definition) is 5. The standard InChI is InChI=1S/C30H30FN7O7S/c1-14(29-4-7-30(8-5-29,9-6-29)26(43)44)35-24(41)18-11-19(38-27(36-18)37-45-28(38)46)25(42)34-12-15-2-3-17(31)16(10-15)13-33-21-20(32)22(39)23(21)40/h2-3,10-11,14,33H,4-9,12-13,32H2,1H3,(H,34,42)(H,35,41)(H,43,44). The number of nitrogen functional groups attached to an aromatic ring is 1. The minimum Gasteiger partial charge on any atom is -0.481 e. The molecule has 240 valence electrons. The average Bonchev–Trinajstić information content (AvgIpc) is 3.44. The zero-order valence-electron chi connectivity index (χ0n) is 24.6. The molecule has 3 aliphatic carbocycles. The van der Waals surface area contributed by atoms with Crippen molar-refractivity contribution in [2.45, 2.75) is 64.6 Å². The van der Waals surface area contributed by atoms with E-state index in [1.807, 2.05) is 6.92 Å². The van der Waals surface area contributed by atoms with Crippen LogP contribution in [0.3, 0.4) is 0 Å². The Kier molecular flexibility index (Phi) is 7.70. The topological polar surface area (TPSA) is 211 Å². The monoisotopic (exact) mass is 651 g/mol. The average molecular weight is 652 g/mol. The van der Waals surface area contributed by atoms with Crippen LogP contribution in [-0.4, -0.2) is 43.5 Å². The maximum Gasteiger partial charge on any atom is 0.309 e. The Labute approximate surface area is 264 Å². The molecule has 0 saturated heterocycles. The summed E-state index contributed by atoms with van der Waals surface area (Å²) in [4.78, 5) is 65.7. The van der Waals surface area contributed by atoms with Gasteiger partial charge in [0.1, 0.15) is 28.6 Å². The zero-order valence-corrected chi connectivity index (χ0v) is 25.5. The molecule has 6 N–H and O–H groups in total. The quantitative estimate of drug-likeness (QED) is 0.124. The summed E-state index contributed by atoms with van der Waals surface area (Å²) in [5, 5.41) is 21.9. The number of hydrogen-bond acceptors (Lipinski definition) is 11. The third-order valence-electron chi connectivity index (χ3n) is 9.78. The highest BCUT2D eigenvalue weighted by Crippen LogP contribution is 2.58. The van der Waals surface area contributed by atoms with Gasteiger partial charge in [-0.1, -0.05) is 6.07 Å². The van der Waals surface area contributed by atoms with Crippen LogP contribution in [0.1, 0.15) is 77.6 Å². The van der Waals surface area contributed by atoms with Crippen molar-refractivity contribution in [1.82, 2.24) is 25.2 Å². The van der Waals surface area contributed by atoms with Gasteiger partial charge in [-0.15, -0.1) is 0 Å². The van der Waals surface area contributed by atoms with E-state index in [0.717, 1.165) is 0 Å². The van der Waals surface area contributed by atoms with Gasteiger partial charge in [0.25, 0.3) is 28.4 Å². The van der Waals surface area contributed by atoms with E-state index in [1.165, 1.54) is 28.7 Å². The number of carboxylic acid groups (broad SMARTS) is 1. The largest absolute Gasteiger partial charge is 0.481 e. The summed E-state index contributed by atoms with van der Waals surface area (Å²) < 4.78 is 20.7. The third-order valence-corrected chi connectivity index (χ3v) is 10.0. The Morgan fingerprint density at radius 2 is 1.78 bits per heavy atom. The first-order chi connectivity index (χ1) is 21.8. The summed E-state index contributed by atoms with van der Waals surface area (Å²) in [7, 11) is 0. The van der Waals surface area contributed by atoms with Gasteiger partial charge < -0.3 is 31.3 Å². The lowest BCUT2D eigenvalue weighted by molar-refractivity contribution is -0.159. The molecule has 1 atom stereocenters. The van der Waals surface area contributed by atoms with Gasteiger partial charge in [-0.05, 0) is 92.0 Å². The van der Waals surface area contributed by atoms with Crippen molar-refractivity contribution in [2.24, 2.45) is 10.8 Å². The maximum absolute atomic E-state index is 14.5. The minimum absolute atomic E-state index is 0.0459. The molecule has 2 amide bonds. The molecule has 3 fully saturated rings. The fraction of sp³-hybridized carbons (Fsp3) is 0.400. The molecule has 2 bridgehead atoms. The molecule has 2 aromatic carbocycles. The summed E-state index contributed by atoms with van der Waals surface area (Å²) in [5.41, 5.74) is 3.31. The summed E-state index contributed by atoms with van der Waals surface area (Å²) in [5.74, 6) is -2.60. The molecular formula is C30H30FN7O7S. The fourth-order valence-electron chi connectivity index (χ4n) is 6.66. The Bertz CT molecular complexity index is 2020. The second-order valence-corrected chi connectivity index (χ2v) is 12.5. The van der Waals surface area contributed by atoms with Crippen LogP contribution in [-0.2, 0) is 17.9 Å². The van der Waals surface area contributed by atoms with Crippen molar-refractivity contribution >= 4 is 47.2 Å². The fourth-order valence-corrected chi connectivity index (χ4v) is 6.88. The number of benzene rings is 1. The van der Waals surface area contributed by atoms with E-state index in [1.54, 1.807) is 0 Å². The van der Waals surface area contributed by atoms with Crippen LogP contribution in [0.4, 0.5) is 15.8 Å². The number of rotatable bonds is 10. The second kappa shape index (κ2) is 11.4. The Morgan fingerprint density at radius 3 is 2.43 bits per heavy atom. The molecule has 0 radical (unpaired) electrons. The number of carbonyl (C=O) groups excluding carboxylic acids is 2. The van der Waals surface area contributed by atoms with Gasteiger partial charge in [-0.3, -0.25) is 24.0 Å². The Morgan fingerprint density at radius 1 is 1.09 bits per heavy atom. The Hall–Kier alpha value is -4.99. The number of nitrogens with two attached hydrogens (primary N) is 1. The van der Waals surface area contributed by atoms with E-state index >= 15 is 0 Å². The van der Waals surface area contributed by atoms with E-state index in [9.17, 15) is 33.5 Å². The van der Waals surface area contributed by atoms with E-state index < -0.39 is 39.9 Å². The van der Waals surface area contributed by atoms with Crippen molar-refractivity contribution < 1.29 is 28.4 Å². The molecule has 1 unspecified atom stereocenters. The van der Waals surface area contributed by atoms with Crippen LogP contribution in [0.25, 0.3) is 5.78 Å². The molecule has 14 nitrogen and oxygen atoms in total. The molecule has 0 aliphatic heterocycles. The molecule has 3 saturated carbocycles. The highest BCUT2D eigenvalue weighted by molar-refractivity contribution is 7.71. The molecule has 4 aromatic rings. The summed E-state index contributed by atoms with van der Waals surface area (Å²) in [6, 6.07) is 5.15. The van der Waals surface area contributed by atoms with Crippen LogP contribution >= 0.6 is 12.2 Å². The van der Waals surface area contributed by atoms with Gasteiger partial charge in [0, 0.05) is 24.7 Å². The smallest absolute Gasteiger partial charge is 0.309 e. The normalized spacial score (nSPS) is 21.3. The van der Waals surface area contributed by atoms with E-state index in [2.05, 4.69) is 26.1 Å². The predicted octanol–water partition coefficient (Wildman–Crippen LogP) is 2.45. The molecule has 2 aromatic heterocycles. The molecule has 0 spiro atoms. The maximum atomic E-state index is 14.5. The number of carboxylic acids is 1. The number of amides is 2. The van der Waals surface area contributed by atoms with Gasteiger partial charge in [0.05, 0.1) is 5.41 Å².